The molecular formula is C25H28N2O8. The van der Waals surface area contributed by atoms with Crippen molar-refractivity contribution in [2.45, 2.75) is 30.8 Å². The summed E-state index contributed by atoms with van der Waals surface area (Å²) in [6.45, 7) is 0.254. The van der Waals surface area contributed by atoms with Gasteiger partial charge in [0.1, 0.15) is 11.7 Å². The number of hydrogen-bond acceptors (Lipinski definition) is 9. The first-order valence-corrected chi connectivity index (χ1v) is 11.1. The van der Waals surface area contributed by atoms with E-state index in [2.05, 4.69) is 0 Å². The Kier molecular flexibility index (Phi) is 7.34. The van der Waals surface area contributed by atoms with Gasteiger partial charge >= 0.3 is 11.9 Å². The predicted molar refractivity (Wildman–Crippen MR) is 123 cm³/mol. The molecule has 1 amide bonds. The lowest BCUT2D eigenvalue weighted by Crippen LogP contribution is -2.73. The summed E-state index contributed by atoms with van der Waals surface area (Å²) >= 11 is 0. The SMILES string of the molecule is COC(=O)[C@H]1[C@H]([C@H]2[C@@H](OC)C(=O)N2c2ccc(OC)cc2)N(Cc2ccccc2)O[C@H]1C(=O)OC. The van der Waals surface area contributed by atoms with Crippen LogP contribution in [0.1, 0.15) is 5.56 Å². The molecule has 186 valence electrons. The highest BCUT2D eigenvalue weighted by atomic mass is 16.7. The van der Waals surface area contributed by atoms with Crippen LogP contribution < -0.4 is 9.64 Å². The van der Waals surface area contributed by atoms with Crippen LogP contribution in [0.4, 0.5) is 5.69 Å². The molecule has 2 heterocycles. The lowest BCUT2D eigenvalue weighted by Gasteiger charge is -2.50. The number of carbonyl (C=O) groups is 3. The number of hydroxylamine groups is 2. The number of nitrogens with zero attached hydrogens (tertiary/aromatic N) is 2. The molecule has 0 saturated carbocycles. The highest BCUT2D eigenvalue weighted by molar-refractivity contribution is 6.05. The zero-order valence-corrected chi connectivity index (χ0v) is 20.0. The molecule has 2 aromatic rings. The fraction of sp³-hybridized carbons (Fsp3) is 0.400. The average molecular weight is 485 g/mol. The number of amides is 1. The van der Waals surface area contributed by atoms with Crippen LogP contribution in [-0.4, -0.2) is 75.6 Å². The van der Waals surface area contributed by atoms with Crippen LogP contribution in [0.5, 0.6) is 5.75 Å². The van der Waals surface area contributed by atoms with E-state index >= 15 is 0 Å². The van der Waals surface area contributed by atoms with E-state index in [1.54, 1.807) is 41.3 Å². The van der Waals surface area contributed by atoms with Crippen LogP contribution >= 0.6 is 0 Å². The van der Waals surface area contributed by atoms with Crippen LogP contribution in [0, 0.1) is 5.92 Å². The molecule has 2 aromatic carbocycles. The van der Waals surface area contributed by atoms with Crippen LogP contribution in [0.15, 0.2) is 54.6 Å². The maximum Gasteiger partial charge on any atom is 0.338 e. The van der Waals surface area contributed by atoms with Gasteiger partial charge in [0.2, 0.25) is 0 Å². The van der Waals surface area contributed by atoms with E-state index < -0.39 is 42.1 Å². The zero-order valence-electron chi connectivity index (χ0n) is 20.0. The van der Waals surface area contributed by atoms with E-state index in [4.69, 9.17) is 23.8 Å². The molecule has 4 rings (SSSR count). The summed E-state index contributed by atoms with van der Waals surface area (Å²) in [5, 5.41) is 1.55. The Hall–Kier alpha value is -3.47. The summed E-state index contributed by atoms with van der Waals surface area (Å²) in [6.07, 6.45) is -2.10. The first-order valence-electron chi connectivity index (χ1n) is 11.1. The predicted octanol–water partition coefficient (Wildman–Crippen LogP) is 1.57. The number of carbonyl (C=O) groups excluding carboxylic acids is 3. The molecule has 0 aromatic heterocycles. The normalized spacial score (nSPS) is 26.2. The third-order valence-electron chi connectivity index (χ3n) is 6.41. The van der Waals surface area contributed by atoms with Crippen molar-refractivity contribution in [1.82, 2.24) is 5.06 Å². The molecule has 2 aliphatic heterocycles. The second-order valence-electron chi connectivity index (χ2n) is 8.20. The monoisotopic (exact) mass is 484 g/mol. The Balaban J connectivity index is 1.77. The van der Waals surface area contributed by atoms with Gasteiger partial charge in [-0.05, 0) is 29.8 Å². The highest BCUT2D eigenvalue weighted by Gasteiger charge is 2.63. The Morgan fingerprint density at radius 2 is 1.54 bits per heavy atom. The van der Waals surface area contributed by atoms with Crippen molar-refractivity contribution in [1.29, 1.82) is 0 Å². The molecule has 2 fully saturated rings. The maximum atomic E-state index is 13.1. The number of β-lactam (4-membered cyclic amide) rings is 1. The van der Waals surface area contributed by atoms with Crippen LogP contribution in [0.3, 0.4) is 0 Å². The van der Waals surface area contributed by atoms with E-state index in [9.17, 15) is 14.4 Å². The van der Waals surface area contributed by atoms with Gasteiger partial charge in [0.05, 0.1) is 33.4 Å². The summed E-state index contributed by atoms with van der Waals surface area (Å²) < 4.78 is 20.7. The van der Waals surface area contributed by atoms with E-state index in [-0.39, 0.29) is 12.5 Å². The molecule has 2 saturated heterocycles. The second kappa shape index (κ2) is 10.4. The van der Waals surface area contributed by atoms with Gasteiger partial charge in [0.15, 0.2) is 12.2 Å². The first-order chi connectivity index (χ1) is 16.9. The number of rotatable bonds is 8. The first kappa shape index (κ1) is 24.6. The number of esters is 2. The summed E-state index contributed by atoms with van der Waals surface area (Å²) in [4.78, 5) is 46.3. The van der Waals surface area contributed by atoms with Crippen molar-refractivity contribution >= 4 is 23.5 Å². The summed E-state index contributed by atoms with van der Waals surface area (Å²) in [7, 11) is 5.46. The van der Waals surface area contributed by atoms with Crippen LogP contribution in [-0.2, 0) is 40.0 Å². The number of anilines is 1. The molecule has 35 heavy (non-hydrogen) atoms. The van der Waals surface area contributed by atoms with Crippen molar-refractivity contribution in [2.24, 2.45) is 5.92 Å². The Morgan fingerprint density at radius 3 is 2.11 bits per heavy atom. The molecule has 10 nitrogen and oxygen atoms in total. The molecule has 0 unspecified atom stereocenters. The van der Waals surface area contributed by atoms with Crippen molar-refractivity contribution in [2.75, 3.05) is 33.3 Å². The number of ether oxygens (including phenoxy) is 4. The van der Waals surface area contributed by atoms with Gasteiger partial charge in [0, 0.05) is 19.3 Å². The Morgan fingerprint density at radius 1 is 0.886 bits per heavy atom. The van der Waals surface area contributed by atoms with Gasteiger partial charge in [-0.3, -0.25) is 14.4 Å². The summed E-state index contributed by atoms with van der Waals surface area (Å²) in [5.74, 6) is -2.06. The molecular weight excluding hydrogens is 456 g/mol. The fourth-order valence-corrected chi connectivity index (χ4v) is 4.73. The van der Waals surface area contributed by atoms with Gasteiger partial charge in [-0.25, -0.2) is 4.79 Å². The number of benzene rings is 2. The average Bonchev–Trinajstić information content (AvgIpc) is 3.25. The van der Waals surface area contributed by atoms with Crippen LogP contribution in [0.25, 0.3) is 0 Å². The van der Waals surface area contributed by atoms with Gasteiger partial charge in [-0.2, -0.15) is 5.06 Å². The van der Waals surface area contributed by atoms with Gasteiger partial charge in [-0.1, -0.05) is 30.3 Å². The summed E-state index contributed by atoms with van der Waals surface area (Å²) in [5.41, 5.74) is 1.49. The van der Waals surface area contributed by atoms with Crippen molar-refractivity contribution < 1.29 is 38.2 Å². The van der Waals surface area contributed by atoms with Crippen molar-refractivity contribution in [3.05, 3.63) is 60.2 Å². The number of hydrogen-bond donors (Lipinski definition) is 0. The minimum atomic E-state index is -1.24. The van der Waals surface area contributed by atoms with Gasteiger partial charge in [0.25, 0.3) is 5.91 Å². The quantitative estimate of drug-likeness (QED) is 0.408. The minimum Gasteiger partial charge on any atom is -0.497 e. The third-order valence-corrected chi connectivity index (χ3v) is 6.41. The summed E-state index contributed by atoms with van der Waals surface area (Å²) in [6, 6.07) is 15.0. The Bertz CT molecular complexity index is 1060. The zero-order chi connectivity index (χ0) is 25.1. The third kappa shape index (κ3) is 4.47. The molecule has 0 radical (unpaired) electrons. The maximum absolute atomic E-state index is 13.1. The molecule has 0 N–H and O–H groups in total. The topological polar surface area (TPSA) is 104 Å². The van der Waals surface area contributed by atoms with E-state index in [0.717, 1.165) is 5.56 Å². The standard InChI is InChI=1S/C25H28N2O8/c1-31-17-12-10-16(11-13-17)27-20(22(32-2)23(27)28)19-18(24(29)33-3)21(25(30)34-4)35-26(19)14-15-8-6-5-7-9-15/h5-13,18-22H,14H2,1-4H3/t18-,19+,20-,21+,22+/m0/s1. The van der Waals surface area contributed by atoms with Crippen molar-refractivity contribution in [3.63, 3.8) is 0 Å². The van der Waals surface area contributed by atoms with Crippen molar-refractivity contribution in [3.8, 4) is 5.75 Å². The van der Waals surface area contributed by atoms with E-state index in [1.165, 1.54) is 21.3 Å². The van der Waals surface area contributed by atoms with Gasteiger partial charge < -0.3 is 23.8 Å². The molecule has 2 aliphatic rings. The Labute approximate surface area is 203 Å². The molecule has 5 atom stereocenters. The largest absolute Gasteiger partial charge is 0.497 e. The smallest absolute Gasteiger partial charge is 0.338 e. The second-order valence-corrected chi connectivity index (χ2v) is 8.20. The minimum absolute atomic E-state index is 0.254. The lowest BCUT2D eigenvalue weighted by atomic mass is 9.80. The molecule has 0 bridgehead atoms. The highest BCUT2D eigenvalue weighted by Crippen LogP contribution is 2.42. The fourth-order valence-electron chi connectivity index (χ4n) is 4.73. The molecule has 0 aliphatic carbocycles. The van der Waals surface area contributed by atoms with E-state index in [1.807, 2.05) is 30.3 Å². The van der Waals surface area contributed by atoms with Crippen LogP contribution in [0.2, 0.25) is 0 Å². The lowest BCUT2D eigenvalue weighted by molar-refractivity contribution is -0.197. The van der Waals surface area contributed by atoms with E-state index in [0.29, 0.717) is 11.4 Å². The molecule has 10 heteroatoms. The van der Waals surface area contributed by atoms with Gasteiger partial charge in [-0.15, -0.1) is 0 Å². The number of methoxy groups -OCH3 is 4. The molecule has 0 spiro atoms.